The van der Waals surface area contributed by atoms with Crippen LogP contribution in [0.25, 0.3) is 15.9 Å². The highest BCUT2D eigenvalue weighted by molar-refractivity contribution is 5.92. The van der Waals surface area contributed by atoms with Crippen molar-refractivity contribution in [1.29, 1.82) is 0 Å². The highest BCUT2D eigenvalue weighted by Gasteiger charge is 2.33. The largest absolute Gasteiger partial charge is 0.443 e. The highest BCUT2D eigenvalue weighted by Crippen LogP contribution is 2.26. The van der Waals surface area contributed by atoms with E-state index in [1.165, 1.54) is 29.7 Å². The molecule has 0 spiro atoms. The Balaban J connectivity index is 2.88. The van der Waals surface area contributed by atoms with Crippen molar-refractivity contribution in [2.24, 2.45) is 0 Å². The number of hydrogen-bond acceptors (Lipinski definition) is 4. The second kappa shape index (κ2) is 5.88. The molecule has 1 heterocycles. The fourth-order valence-corrected chi connectivity index (χ4v) is 2.44. The average molecular weight is 343 g/mol. The summed E-state index contributed by atoms with van der Waals surface area (Å²) < 4.78 is 7.46. The molecule has 0 aliphatic heterocycles. The van der Waals surface area contributed by atoms with Gasteiger partial charge in [0.25, 0.3) is 0 Å². The Hall–Kier alpha value is -2.88. The van der Waals surface area contributed by atoms with Gasteiger partial charge in [-0.15, -0.1) is 0 Å². The van der Waals surface area contributed by atoms with E-state index in [4.69, 9.17) is 11.3 Å². The molecule has 25 heavy (non-hydrogen) atoms. The lowest BCUT2D eigenvalue weighted by Gasteiger charge is -2.23. The second-order valence-corrected chi connectivity index (χ2v) is 7.33. The maximum absolute atomic E-state index is 13.0. The molecule has 2 aromatic rings. The molecule has 0 aliphatic rings. The van der Waals surface area contributed by atoms with Crippen LogP contribution in [-0.2, 0) is 15.1 Å². The van der Waals surface area contributed by atoms with Gasteiger partial charge in [-0.05, 0) is 53.7 Å². The first-order valence-electron chi connectivity index (χ1n) is 7.80. The maximum Gasteiger partial charge on any atom is 0.423 e. The molecule has 0 aliphatic carbocycles. The lowest BCUT2D eigenvalue weighted by Crippen LogP contribution is -2.43. The third kappa shape index (κ3) is 3.20. The molecular formula is C18H21N3O4. The highest BCUT2D eigenvalue weighted by atomic mass is 16.6. The van der Waals surface area contributed by atoms with Crippen LogP contribution < -0.4 is 5.69 Å². The summed E-state index contributed by atoms with van der Waals surface area (Å²) in [5, 5.41) is 0. The van der Waals surface area contributed by atoms with Crippen molar-refractivity contribution >= 4 is 28.6 Å². The smallest absolute Gasteiger partial charge is 0.423 e. The number of carbonyl (C=O) groups is 2. The number of fused-ring (bicyclic) bond motifs is 1. The van der Waals surface area contributed by atoms with E-state index in [1.807, 2.05) is 0 Å². The summed E-state index contributed by atoms with van der Waals surface area (Å²) in [6.45, 7) is 16.8. The molecule has 7 heteroatoms. The monoisotopic (exact) mass is 343 g/mol. The zero-order chi connectivity index (χ0) is 19.2. The van der Waals surface area contributed by atoms with E-state index >= 15 is 0 Å². The minimum absolute atomic E-state index is 0.244. The summed E-state index contributed by atoms with van der Waals surface area (Å²) in [7, 11) is 0. The van der Waals surface area contributed by atoms with Crippen molar-refractivity contribution in [3.05, 3.63) is 40.1 Å². The van der Waals surface area contributed by atoms with Crippen LogP contribution in [0.4, 0.5) is 10.5 Å². The van der Waals surface area contributed by atoms with E-state index in [2.05, 4.69) is 4.85 Å². The van der Waals surface area contributed by atoms with E-state index in [-0.39, 0.29) is 5.78 Å². The molecular weight excluding hydrogens is 322 g/mol. The summed E-state index contributed by atoms with van der Waals surface area (Å²) >= 11 is 0. The number of imidazole rings is 1. The molecule has 0 saturated carbocycles. The molecule has 1 aromatic heterocycles. The third-order valence-corrected chi connectivity index (χ3v) is 3.95. The van der Waals surface area contributed by atoms with E-state index < -0.39 is 22.9 Å². The number of ether oxygens (including phenoxy) is 1. The van der Waals surface area contributed by atoms with Gasteiger partial charge in [0.1, 0.15) is 11.1 Å². The Morgan fingerprint density at radius 2 is 1.72 bits per heavy atom. The van der Waals surface area contributed by atoms with Gasteiger partial charge >= 0.3 is 11.8 Å². The molecule has 0 N–H and O–H groups in total. The van der Waals surface area contributed by atoms with E-state index in [1.54, 1.807) is 34.6 Å². The minimum atomic E-state index is -1.18. The van der Waals surface area contributed by atoms with Crippen LogP contribution in [0.1, 0.15) is 41.5 Å². The molecule has 0 amide bonds. The number of rotatable bonds is 2. The van der Waals surface area contributed by atoms with Crippen LogP contribution in [0, 0.1) is 6.57 Å². The standard InChI is InChI=1S/C18H21N3O4/c1-11(22)18(5,6)21-14-10-12(19-7)8-9-13(14)20(15(21)23)16(24)25-17(2,3)4/h8-10H,1-6H3. The molecule has 2 rings (SSSR count). The van der Waals surface area contributed by atoms with Gasteiger partial charge in [-0.25, -0.2) is 14.4 Å². The van der Waals surface area contributed by atoms with Gasteiger partial charge in [0, 0.05) is 0 Å². The quantitative estimate of drug-likeness (QED) is 0.783. The minimum Gasteiger partial charge on any atom is -0.443 e. The fraction of sp³-hybridized carbons (Fsp3) is 0.444. The van der Waals surface area contributed by atoms with E-state index in [0.29, 0.717) is 16.7 Å². The number of ketones is 1. The van der Waals surface area contributed by atoms with E-state index in [0.717, 1.165) is 4.57 Å². The van der Waals surface area contributed by atoms with Crippen LogP contribution in [0.3, 0.4) is 0 Å². The van der Waals surface area contributed by atoms with Crippen LogP contribution in [0.15, 0.2) is 23.0 Å². The number of hydrogen-bond donors (Lipinski definition) is 0. The van der Waals surface area contributed by atoms with Crippen LogP contribution in [-0.4, -0.2) is 26.6 Å². The van der Waals surface area contributed by atoms with Crippen LogP contribution >= 0.6 is 0 Å². The Morgan fingerprint density at radius 1 is 1.12 bits per heavy atom. The topological polar surface area (TPSA) is 74.7 Å². The zero-order valence-corrected chi connectivity index (χ0v) is 15.2. The van der Waals surface area contributed by atoms with Gasteiger partial charge in [-0.1, -0.05) is 6.07 Å². The van der Waals surface area contributed by atoms with E-state index in [9.17, 15) is 14.4 Å². The normalized spacial score (nSPS) is 12.0. The van der Waals surface area contributed by atoms with Crippen molar-refractivity contribution < 1.29 is 14.3 Å². The zero-order valence-electron chi connectivity index (χ0n) is 15.2. The molecule has 0 saturated heterocycles. The first-order chi connectivity index (χ1) is 11.4. The Labute approximate surface area is 145 Å². The molecule has 0 atom stereocenters. The lowest BCUT2D eigenvalue weighted by atomic mass is 10.00. The van der Waals surface area contributed by atoms with Gasteiger partial charge in [0.15, 0.2) is 11.5 Å². The number of Topliss-reactive ketones (excluding diaryl/α,β-unsaturated/α-hetero) is 1. The summed E-state index contributed by atoms with van der Waals surface area (Å²) in [5.74, 6) is -0.244. The average Bonchev–Trinajstić information content (AvgIpc) is 2.76. The Bertz CT molecular complexity index is 965. The fourth-order valence-electron chi connectivity index (χ4n) is 2.44. The summed E-state index contributed by atoms with van der Waals surface area (Å²) in [6.07, 6.45) is -0.823. The number of nitrogens with zero attached hydrogens (tertiary/aromatic N) is 3. The predicted molar refractivity (Wildman–Crippen MR) is 94.1 cm³/mol. The summed E-state index contributed by atoms with van der Waals surface area (Å²) in [5.41, 5.74) is -1.69. The Kier molecular flexibility index (Phi) is 4.34. The predicted octanol–water partition coefficient (Wildman–Crippen LogP) is 3.46. The van der Waals surface area contributed by atoms with Crippen molar-refractivity contribution in [2.75, 3.05) is 0 Å². The van der Waals surface area contributed by atoms with Gasteiger partial charge in [-0.2, -0.15) is 4.57 Å². The van der Waals surface area contributed by atoms with Crippen molar-refractivity contribution in [3.8, 4) is 0 Å². The van der Waals surface area contributed by atoms with Gasteiger partial charge in [-0.3, -0.25) is 9.36 Å². The molecule has 0 unspecified atom stereocenters. The number of aromatic nitrogens is 2. The summed E-state index contributed by atoms with van der Waals surface area (Å²) in [4.78, 5) is 40.9. The van der Waals surface area contributed by atoms with Gasteiger partial charge in [0.2, 0.25) is 0 Å². The Morgan fingerprint density at radius 3 is 2.20 bits per heavy atom. The summed E-state index contributed by atoms with van der Waals surface area (Å²) in [6, 6.07) is 4.52. The molecule has 132 valence electrons. The first kappa shape index (κ1) is 18.5. The SMILES string of the molecule is [C-]#[N+]c1ccc2c(c1)n(C(C)(C)C(C)=O)c(=O)n2C(=O)OC(C)(C)C. The van der Waals surface area contributed by atoms with Gasteiger partial charge < -0.3 is 4.74 Å². The molecule has 0 radical (unpaired) electrons. The van der Waals surface area contributed by atoms with Crippen molar-refractivity contribution in [3.63, 3.8) is 0 Å². The molecule has 7 nitrogen and oxygen atoms in total. The number of carbonyl (C=O) groups excluding carboxylic acids is 2. The van der Waals surface area contributed by atoms with Gasteiger partial charge in [0.05, 0.1) is 17.6 Å². The maximum atomic E-state index is 13.0. The van der Waals surface area contributed by atoms with Crippen LogP contribution in [0.5, 0.6) is 0 Å². The van der Waals surface area contributed by atoms with Crippen molar-refractivity contribution in [1.82, 2.24) is 9.13 Å². The molecule has 0 bridgehead atoms. The third-order valence-electron chi connectivity index (χ3n) is 3.95. The molecule has 1 aromatic carbocycles. The van der Waals surface area contributed by atoms with Crippen molar-refractivity contribution in [2.45, 2.75) is 52.7 Å². The first-order valence-corrected chi connectivity index (χ1v) is 7.80. The molecule has 0 fully saturated rings. The lowest BCUT2D eigenvalue weighted by molar-refractivity contribution is -0.123. The second-order valence-electron chi connectivity index (χ2n) is 7.33. The van der Waals surface area contributed by atoms with Crippen LogP contribution in [0.2, 0.25) is 0 Å². The number of benzene rings is 1.